The molecular weight excluding hydrogens is 737 g/mol. The van der Waals surface area contributed by atoms with E-state index in [1.807, 2.05) is 6.92 Å². The Balaban J connectivity index is 2.16. The monoisotopic (exact) mass is 837 g/mol. The van der Waals surface area contributed by atoms with E-state index in [1.54, 1.807) is 4.90 Å². The van der Waals surface area contributed by atoms with Gasteiger partial charge in [0.15, 0.2) is 0 Å². The Morgan fingerprint density at radius 1 is 0.559 bits per heavy atom. The highest BCUT2D eigenvalue weighted by Crippen LogP contribution is 2.20. The Bertz CT molecular complexity index is 906. The molecule has 350 valence electrons. The molecule has 0 spiro atoms. The van der Waals surface area contributed by atoms with E-state index in [1.165, 1.54) is 193 Å². The summed E-state index contributed by atoms with van der Waals surface area (Å²) in [7, 11) is 0. The fourth-order valence-corrected chi connectivity index (χ4v) is 8.49. The molecule has 1 saturated heterocycles. The van der Waals surface area contributed by atoms with Crippen molar-refractivity contribution in [3.8, 4) is 0 Å². The third-order valence-electron chi connectivity index (χ3n) is 12.4. The van der Waals surface area contributed by atoms with Crippen molar-refractivity contribution in [1.29, 1.82) is 0 Å². The number of ether oxygens (including phenoxy) is 3. The van der Waals surface area contributed by atoms with Gasteiger partial charge < -0.3 is 29.5 Å². The van der Waals surface area contributed by atoms with Crippen LogP contribution in [0.5, 0.6) is 0 Å². The molecule has 59 heavy (non-hydrogen) atoms. The number of alkyl carbamates (subject to hydrolysis) is 1. The Kier molecular flexibility index (Phi) is 40.8. The van der Waals surface area contributed by atoms with Gasteiger partial charge in [-0.05, 0) is 39.0 Å². The number of hydrogen-bond acceptors (Lipinski definition) is 6. The Labute approximate surface area is 366 Å². The molecule has 0 bridgehead atoms. The Hall–Kier alpha value is -1.38. The SMILES string of the molecule is CCCCCCCCCCCCCCCCCCOCC(COC(=O)NCCCCCC(=O)N1C[C@H](O)C[C@H]1C)OCCCCCCCCCCCCCCCCCC. The van der Waals surface area contributed by atoms with Gasteiger partial charge >= 0.3 is 6.09 Å². The number of rotatable bonds is 45. The van der Waals surface area contributed by atoms with Gasteiger partial charge in [-0.25, -0.2) is 4.79 Å². The van der Waals surface area contributed by atoms with Crippen LogP contribution in [-0.4, -0.2) is 79.8 Å². The quantitative estimate of drug-likeness (QED) is 0.0593. The second-order valence-corrected chi connectivity index (χ2v) is 18.3. The van der Waals surface area contributed by atoms with Gasteiger partial charge in [0.1, 0.15) is 12.7 Å². The van der Waals surface area contributed by atoms with E-state index in [0.717, 1.165) is 38.7 Å². The smallest absolute Gasteiger partial charge is 0.407 e. The number of likely N-dealkylation sites (tertiary alicyclic amines) is 1. The molecule has 0 aliphatic carbocycles. The fourth-order valence-electron chi connectivity index (χ4n) is 8.49. The minimum absolute atomic E-state index is 0.111. The van der Waals surface area contributed by atoms with Gasteiger partial charge in [0.05, 0.1) is 12.7 Å². The molecule has 2 N–H and O–H groups in total. The maximum Gasteiger partial charge on any atom is 0.407 e. The van der Waals surface area contributed by atoms with Gasteiger partial charge in [-0.15, -0.1) is 0 Å². The maximum atomic E-state index is 12.5. The van der Waals surface area contributed by atoms with Crippen molar-refractivity contribution in [2.45, 2.75) is 277 Å². The summed E-state index contributed by atoms with van der Waals surface area (Å²) in [5, 5.41) is 12.7. The van der Waals surface area contributed by atoms with Gasteiger partial charge in [-0.1, -0.05) is 213 Å². The molecule has 8 heteroatoms. The third-order valence-corrected chi connectivity index (χ3v) is 12.4. The first-order valence-electron chi connectivity index (χ1n) is 26.0. The van der Waals surface area contributed by atoms with Crippen LogP contribution in [0.25, 0.3) is 0 Å². The summed E-state index contributed by atoms with van der Waals surface area (Å²) in [4.78, 5) is 26.8. The molecule has 8 nitrogen and oxygen atoms in total. The lowest BCUT2D eigenvalue weighted by Crippen LogP contribution is -2.34. The minimum atomic E-state index is -0.422. The zero-order chi connectivity index (χ0) is 42.7. The summed E-state index contributed by atoms with van der Waals surface area (Å²) >= 11 is 0. The van der Waals surface area contributed by atoms with Crippen LogP contribution in [0.1, 0.15) is 258 Å². The molecule has 0 aromatic carbocycles. The summed E-state index contributed by atoms with van der Waals surface area (Å²) in [6.45, 7) is 9.58. The van der Waals surface area contributed by atoms with Crippen LogP contribution in [0.4, 0.5) is 4.79 Å². The summed E-state index contributed by atoms with van der Waals surface area (Å²) < 4.78 is 17.8. The number of aliphatic hydroxyl groups is 1. The average Bonchev–Trinajstić information content (AvgIpc) is 3.58. The van der Waals surface area contributed by atoms with Crippen LogP contribution in [-0.2, 0) is 19.0 Å². The number of unbranched alkanes of at least 4 members (excludes halogenated alkanes) is 32. The first-order chi connectivity index (χ1) is 29.0. The summed E-state index contributed by atoms with van der Waals surface area (Å²) in [5.41, 5.74) is 0. The molecule has 2 amide bonds. The van der Waals surface area contributed by atoms with Crippen molar-refractivity contribution in [1.82, 2.24) is 10.2 Å². The van der Waals surface area contributed by atoms with E-state index in [9.17, 15) is 14.7 Å². The van der Waals surface area contributed by atoms with Crippen molar-refractivity contribution < 1.29 is 28.9 Å². The van der Waals surface area contributed by atoms with E-state index in [-0.39, 0.29) is 24.7 Å². The molecule has 1 rings (SSSR count). The van der Waals surface area contributed by atoms with Crippen molar-refractivity contribution in [3.63, 3.8) is 0 Å². The number of carbonyl (C=O) groups excluding carboxylic acids is 2. The van der Waals surface area contributed by atoms with E-state index >= 15 is 0 Å². The van der Waals surface area contributed by atoms with Crippen LogP contribution in [0, 0.1) is 0 Å². The predicted molar refractivity (Wildman–Crippen MR) is 249 cm³/mol. The summed E-state index contributed by atoms with van der Waals surface area (Å²) in [6.07, 6.45) is 45.8. The van der Waals surface area contributed by atoms with Crippen LogP contribution < -0.4 is 5.32 Å². The first kappa shape index (κ1) is 55.6. The maximum absolute atomic E-state index is 12.5. The molecule has 1 aliphatic rings. The lowest BCUT2D eigenvalue weighted by molar-refractivity contribution is -0.132. The number of nitrogens with zero attached hydrogens (tertiary/aromatic N) is 1. The lowest BCUT2D eigenvalue weighted by Gasteiger charge is -2.21. The van der Waals surface area contributed by atoms with Gasteiger partial charge in [0.2, 0.25) is 5.91 Å². The fraction of sp³-hybridized carbons (Fsp3) is 0.961. The normalized spacial score (nSPS) is 15.9. The van der Waals surface area contributed by atoms with Gasteiger partial charge in [-0.3, -0.25) is 4.79 Å². The predicted octanol–water partition coefficient (Wildman–Crippen LogP) is 14.2. The second-order valence-electron chi connectivity index (χ2n) is 18.3. The molecule has 0 saturated carbocycles. The molecule has 3 atom stereocenters. The first-order valence-corrected chi connectivity index (χ1v) is 26.0. The van der Waals surface area contributed by atoms with Crippen LogP contribution >= 0.6 is 0 Å². The van der Waals surface area contributed by atoms with Crippen molar-refractivity contribution in [2.75, 3.05) is 39.5 Å². The Morgan fingerprint density at radius 2 is 0.966 bits per heavy atom. The molecular formula is C51H100N2O6. The molecule has 1 fully saturated rings. The van der Waals surface area contributed by atoms with E-state index in [4.69, 9.17) is 14.2 Å². The minimum Gasteiger partial charge on any atom is -0.447 e. The highest BCUT2D eigenvalue weighted by Gasteiger charge is 2.30. The zero-order valence-electron chi connectivity index (χ0n) is 39.6. The molecule has 0 radical (unpaired) electrons. The number of amides is 2. The van der Waals surface area contributed by atoms with Gasteiger partial charge in [0, 0.05) is 38.8 Å². The standard InChI is InChI=1S/C51H100N2O6/c1-4-6-8-10-12-14-16-18-20-22-24-26-28-30-32-37-41-57-45-49(58-42-38-33-31-29-27-25-23-21-19-17-15-13-11-9-7-5-2)46-59-51(56)52-40-36-34-35-39-50(55)53-44-48(54)43-47(53)3/h47-49,54H,4-46H2,1-3H3,(H,52,56)/t47-,48-,49?/m1/s1. The van der Waals surface area contributed by atoms with Gasteiger partial charge in [0.25, 0.3) is 0 Å². The van der Waals surface area contributed by atoms with Crippen LogP contribution in [0.3, 0.4) is 0 Å². The largest absolute Gasteiger partial charge is 0.447 e. The lowest BCUT2D eigenvalue weighted by atomic mass is 10.0. The second kappa shape index (κ2) is 43.3. The number of aliphatic hydroxyl groups excluding tert-OH is 1. The number of hydrogen-bond donors (Lipinski definition) is 2. The molecule has 1 unspecified atom stereocenters. The van der Waals surface area contributed by atoms with Crippen molar-refractivity contribution >= 4 is 12.0 Å². The van der Waals surface area contributed by atoms with Crippen LogP contribution in [0.15, 0.2) is 0 Å². The number of carbonyl (C=O) groups is 2. The Morgan fingerprint density at radius 3 is 1.39 bits per heavy atom. The van der Waals surface area contributed by atoms with Crippen molar-refractivity contribution in [3.05, 3.63) is 0 Å². The summed E-state index contributed by atoms with van der Waals surface area (Å²) in [6, 6.07) is 0.111. The van der Waals surface area contributed by atoms with E-state index < -0.39 is 12.2 Å². The number of β-amino-alcohol motifs (C(OH)–C–C–N with tert-alkyl or cyclic N) is 1. The van der Waals surface area contributed by atoms with E-state index in [2.05, 4.69) is 19.2 Å². The molecule has 1 heterocycles. The molecule has 0 aromatic rings. The molecule has 0 aromatic heterocycles. The highest BCUT2D eigenvalue weighted by atomic mass is 16.6. The topological polar surface area (TPSA) is 97.3 Å². The van der Waals surface area contributed by atoms with Gasteiger partial charge in [-0.2, -0.15) is 0 Å². The summed E-state index contributed by atoms with van der Waals surface area (Å²) in [5.74, 6) is 0.115. The zero-order valence-corrected chi connectivity index (χ0v) is 39.6. The third kappa shape index (κ3) is 36.9. The highest BCUT2D eigenvalue weighted by molar-refractivity contribution is 5.76. The average molecular weight is 837 g/mol. The number of nitrogens with one attached hydrogen (secondary N) is 1. The van der Waals surface area contributed by atoms with Crippen LogP contribution in [0.2, 0.25) is 0 Å². The van der Waals surface area contributed by atoms with E-state index in [0.29, 0.717) is 39.1 Å². The molecule has 1 aliphatic heterocycles. The van der Waals surface area contributed by atoms with Crippen molar-refractivity contribution in [2.24, 2.45) is 0 Å².